The van der Waals surface area contributed by atoms with E-state index in [4.69, 9.17) is 15.2 Å². The summed E-state index contributed by atoms with van der Waals surface area (Å²) in [6.07, 6.45) is 0. The number of amides is 1. The van der Waals surface area contributed by atoms with Crippen molar-refractivity contribution in [3.05, 3.63) is 82.4 Å². The molecule has 2 aliphatic heterocycles. The Bertz CT molecular complexity index is 1300. The van der Waals surface area contributed by atoms with Crippen LogP contribution in [-0.2, 0) is 16.8 Å². The maximum absolute atomic E-state index is 14.2. The number of para-hydroxylation sites is 1. The Kier molecular flexibility index (Phi) is 4.02. The number of hydrogen-bond donors (Lipinski definition) is 2. The highest BCUT2D eigenvalue weighted by Gasteiger charge is 2.60. The number of nitrogens with one attached hydrogen (secondary N) is 1. The summed E-state index contributed by atoms with van der Waals surface area (Å²) in [6, 6.07) is 17.1. The number of hydrogen-bond acceptors (Lipinski definition) is 6. The zero-order valence-electron chi connectivity index (χ0n) is 17.0. The van der Waals surface area contributed by atoms with E-state index in [2.05, 4.69) is 16.3 Å². The topological polar surface area (TPSA) is 117 Å². The number of H-pyrrole nitrogens is 1. The molecule has 0 fully saturated rings. The third-order valence-corrected chi connectivity index (χ3v) is 5.87. The van der Waals surface area contributed by atoms with Gasteiger partial charge in [-0.2, -0.15) is 5.26 Å². The number of nitriles is 1. The summed E-state index contributed by atoms with van der Waals surface area (Å²) in [5.41, 5.74) is 8.21. The molecule has 3 heterocycles. The van der Waals surface area contributed by atoms with Gasteiger partial charge < -0.3 is 20.1 Å². The van der Waals surface area contributed by atoms with Crippen molar-refractivity contribution < 1.29 is 14.3 Å². The van der Waals surface area contributed by atoms with Crippen molar-refractivity contribution in [2.75, 3.05) is 12.0 Å². The molecule has 8 nitrogen and oxygen atoms in total. The zero-order valence-corrected chi connectivity index (χ0v) is 17.0. The van der Waals surface area contributed by atoms with E-state index in [-0.39, 0.29) is 23.2 Å². The van der Waals surface area contributed by atoms with Crippen LogP contribution in [0.2, 0.25) is 0 Å². The molecule has 1 atom stereocenters. The molecule has 1 amide bonds. The van der Waals surface area contributed by atoms with E-state index >= 15 is 0 Å². The largest absolute Gasteiger partial charge is 0.497 e. The van der Waals surface area contributed by atoms with Crippen molar-refractivity contribution in [2.45, 2.75) is 18.9 Å². The fraction of sp³-hybridized carbons (Fsp3) is 0.174. The average Bonchev–Trinajstić information content (AvgIpc) is 3.26. The number of carbonyl (C=O) groups is 1. The lowest BCUT2D eigenvalue weighted by Gasteiger charge is -2.32. The molecule has 0 radical (unpaired) electrons. The third kappa shape index (κ3) is 2.40. The van der Waals surface area contributed by atoms with E-state index in [1.807, 2.05) is 48.5 Å². The lowest BCUT2D eigenvalue weighted by Crippen LogP contribution is -2.45. The summed E-state index contributed by atoms with van der Waals surface area (Å²) in [4.78, 5) is 15.9. The number of nitrogens with two attached hydrogens (primary N) is 1. The maximum Gasteiger partial charge on any atom is 0.248 e. The van der Waals surface area contributed by atoms with Crippen LogP contribution >= 0.6 is 0 Å². The number of aromatic amines is 1. The first kappa shape index (κ1) is 18.8. The molecule has 3 N–H and O–H groups in total. The van der Waals surface area contributed by atoms with Gasteiger partial charge in [-0.3, -0.25) is 9.89 Å². The van der Waals surface area contributed by atoms with Gasteiger partial charge in [-0.1, -0.05) is 30.3 Å². The Morgan fingerprint density at radius 3 is 2.87 bits per heavy atom. The van der Waals surface area contributed by atoms with E-state index in [1.165, 1.54) is 0 Å². The first-order valence-corrected chi connectivity index (χ1v) is 9.70. The predicted molar refractivity (Wildman–Crippen MR) is 112 cm³/mol. The SMILES string of the molecule is COc1cccc(CN2C(=O)[C@@]3(C(C#N)=C(N)Oc4n[nH]c(C)c43)c3ccccc32)c1. The number of carbonyl (C=O) groups excluding carboxylic acids is 1. The van der Waals surface area contributed by atoms with Crippen LogP contribution in [-0.4, -0.2) is 23.2 Å². The van der Waals surface area contributed by atoms with Crippen molar-refractivity contribution in [2.24, 2.45) is 5.73 Å². The highest BCUT2D eigenvalue weighted by atomic mass is 16.5. The van der Waals surface area contributed by atoms with Crippen LogP contribution < -0.4 is 20.1 Å². The quantitative estimate of drug-likeness (QED) is 0.682. The Hall–Kier alpha value is -4.25. The summed E-state index contributed by atoms with van der Waals surface area (Å²) < 4.78 is 10.9. The number of anilines is 1. The molecular formula is C23H19N5O3. The summed E-state index contributed by atoms with van der Waals surface area (Å²) in [5.74, 6) is 0.520. The first-order valence-electron chi connectivity index (χ1n) is 9.70. The average molecular weight is 413 g/mol. The standard InChI is InChI=1S/C23H19N5O3/c1-13-19-21(27-26-13)31-20(25)17(11-24)23(19)16-8-3-4-9-18(16)28(22(23)29)12-14-6-5-7-15(10-14)30-2/h3-10H,12,25H2,1-2H3,(H,26,27)/t23-/m1/s1. The lowest BCUT2D eigenvalue weighted by atomic mass is 9.69. The minimum Gasteiger partial charge on any atom is -0.497 e. The molecule has 154 valence electrons. The van der Waals surface area contributed by atoms with E-state index in [0.717, 1.165) is 5.56 Å². The number of nitrogens with zero attached hydrogens (tertiary/aromatic N) is 3. The second kappa shape index (κ2) is 6.64. The highest BCUT2D eigenvalue weighted by Crippen LogP contribution is 2.55. The number of aromatic nitrogens is 2. The molecule has 2 aromatic carbocycles. The van der Waals surface area contributed by atoms with Crippen LogP contribution in [0.5, 0.6) is 11.6 Å². The minimum absolute atomic E-state index is 0.0649. The molecule has 5 rings (SSSR count). The molecule has 0 unspecified atom stereocenters. The zero-order chi connectivity index (χ0) is 21.8. The van der Waals surface area contributed by atoms with Gasteiger partial charge in [-0.15, -0.1) is 5.10 Å². The smallest absolute Gasteiger partial charge is 0.248 e. The van der Waals surface area contributed by atoms with Gasteiger partial charge >= 0.3 is 0 Å². The molecule has 0 bridgehead atoms. The second-order valence-electron chi connectivity index (χ2n) is 7.49. The second-order valence-corrected chi connectivity index (χ2v) is 7.49. The molecule has 2 aliphatic rings. The van der Waals surface area contributed by atoms with Crippen LogP contribution in [0, 0.1) is 18.3 Å². The predicted octanol–water partition coefficient (Wildman–Crippen LogP) is 2.65. The van der Waals surface area contributed by atoms with Crippen molar-refractivity contribution in [3.63, 3.8) is 0 Å². The Morgan fingerprint density at radius 2 is 2.10 bits per heavy atom. The molecule has 31 heavy (non-hydrogen) atoms. The molecule has 0 saturated carbocycles. The molecule has 8 heteroatoms. The third-order valence-electron chi connectivity index (χ3n) is 5.87. The van der Waals surface area contributed by atoms with Gasteiger partial charge in [-0.05, 0) is 30.7 Å². The van der Waals surface area contributed by atoms with E-state index in [0.29, 0.717) is 34.8 Å². The van der Waals surface area contributed by atoms with E-state index in [9.17, 15) is 10.1 Å². The van der Waals surface area contributed by atoms with Crippen molar-refractivity contribution in [1.29, 1.82) is 5.26 Å². The molecular weight excluding hydrogens is 394 g/mol. The van der Waals surface area contributed by atoms with Crippen LogP contribution in [0.25, 0.3) is 0 Å². The van der Waals surface area contributed by atoms with Gasteiger partial charge in [0.2, 0.25) is 17.7 Å². The van der Waals surface area contributed by atoms with Crippen LogP contribution in [0.1, 0.15) is 22.4 Å². The lowest BCUT2D eigenvalue weighted by molar-refractivity contribution is -0.121. The Labute approximate surface area is 178 Å². The van der Waals surface area contributed by atoms with E-state index < -0.39 is 5.41 Å². The number of ether oxygens (including phenoxy) is 2. The van der Waals surface area contributed by atoms with Gasteiger partial charge in [0, 0.05) is 16.9 Å². The number of methoxy groups -OCH3 is 1. The van der Waals surface area contributed by atoms with Crippen LogP contribution in [0.4, 0.5) is 5.69 Å². The van der Waals surface area contributed by atoms with Crippen molar-refractivity contribution >= 4 is 11.6 Å². The number of rotatable bonds is 3. The molecule has 0 saturated heterocycles. The van der Waals surface area contributed by atoms with Crippen LogP contribution in [0.3, 0.4) is 0 Å². The van der Waals surface area contributed by atoms with Crippen LogP contribution in [0.15, 0.2) is 60.0 Å². The fourth-order valence-electron chi connectivity index (χ4n) is 4.57. The summed E-state index contributed by atoms with van der Waals surface area (Å²) >= 11 is 0. The number of benzene rings is 2. The number of aryl methyl sites for hydroxylation is 1. The van der Waals surface area contributed by atoms with Gasteiger partial charge in [0.25, 0.3) is 0 Å². The summed E-state index contributed by atoms with van der Waals surface area (Å²) in [7, 11) is 1.60. The Morgan fingerprint density at radius 1 is 1.29 bits per heavy atom. The van der Waals surface area contributed by atoms with E-state index in [1.54, 1.807) is 18.9 Å². The van der Waals surface area contributed by atoms with Gasteiger partial charge in [0.1, 0.15) is 22.8 Å². The molecule has 0 aliphatic carbocycles. The maximum atomic E-state index is 14.2. The summed E-state index contributed by atoms with van der Waals surface area (Å²) in [6.45, 7) is 2.11. The van der Waals surface area contributed by atoms with Crippen molar-refractivity contribution in [3.8, 4) is 17.7 Å². The molecule has 1 spiro atoms. The highest BCUT2D eigenvalue weighted by molar-refractivity contribution is 6.14. The fourth-order valence-corrected chi connectivity index (χ4v) is 4.57. The monoisotopic (exact) mass is 413 g/mol. The van der Waals surface area contributed by atoms with Gasteiger partial charge in [0.05, 0.1) is 19.2 Å². The Balaban J connectivity index is 1.75. The van der Waals surface area contributed by atoms with Gasteiger partial charge in [-0.25, -0.2) is 0 Å². The normalized spacial score (nSPS) is 19.1. The van der Waals surface area contributed by atoms with Crippen molar-refractivity contribution in [1.82, 2.24) is 10.2 Å². The van der Waals surface area contributed by atoms with Gasteiger partial charge in [0.15, 0.2) is 0 Å². The number of fused-ring (bicyclic) bond motifs is 4. The summed E-state index contributed by atoms with van der Waals surface area (Å²) in [5, 5.41) is 17.1. The molecule has 3 aromatic rings. The minimum atomic E-state index is -1.42. The molecule has 1 aromatic heterocycles. The first-order chi connectivity index (χ1) is 15.0.